The second-order valence-electron chi connectivity index (χ2n) is 5.16. The second kappa shape index (κ2) is 6.42. The summed E-state index contributed by atoms with van der Waals surface area (Å²) in [6.07, 6.45) is 6.03. The van der Waals surface area contributed by atoms with Gasteiger partial charge in [0.1, 0.15) is 5.75 Å². The molecule has 0 radical (unpaired) electrons. The van der Waals surface area contributed by atoms with Crippen LogP contribution in [0, 0.1) is 5.92 Å². The first kappa shape index (κ1) is 14.4. The van der Waals surface area contributed by atoms with Gasteiger partial charge >= 0.3 is 5.97 Å². The molecule has 2 rings (SSSR count). The van der Waals surface area contributed by atoms with E-state index in [0.717, 1.165) is 23.2 Å². The topological polar surface area (TPSA) is 46.5 Å². The number of halogens is 1. The van der Waals surface area contributed by atoms with Crippen molar-refractivity contribution in [2.24, 2.45) is 5.92 Å². The lowest BCUT2D eigenvalue weighted by atomic mass is 9.85. The van der Waals surface area contributed by atoms with E-state index in [2.05, 4.69) is 22.9 Å². The molecular formula is C15H19BrO3. The van der Waals surface area contributed by atoms with E-state index < -0.39 is 5.97 Å². The van der Waals surface area contributed by atoms with Crippen LogP contribution < -0.4 is 4.74 Å². The Labute approximate surface area is 122 Å². The van der Waals surface area contributed by atoms with Crippen LogP contribution in [0.1, 0.15) is 49.4 Å². The van der Waals surface area contributed by atoms with Gasteiger partial charge in [0.25, 0.3) is 0 Å². The molecule has 1 aliphatic rings. The minimum absolute atomic E-state index is 0.217. The molecule has 4 heteroatoms. The zero-order valence-electron chi connectivity index (χ0n) is 11.1. The summed E-state index contributed by atoms with van der Waals surface area (Å²) >= 11 is 3.33. The van der Waals surface area contributed by atoms with E-state index in [0.29, 0.717) is 5.75 Å². The molecule has 1 N–H and O–H groups in total. The molecular weight excluding hydrogens is 308 g/mol. The van der Waals surface area contributed by atoms with Gasteiger partial charge in [-0.2, -0.15) is 0 Å². The SMILES string of the molecule is CCC1CCCC(Oc2cc(Br)cc(C(=O)O)c2)C1. The van der Waals surface area contributed by atoms with Crippen LogP contribution in [-0.2, 0) is 0 Å². The number of hydrogen-bond acceptors (Lipinski definition) is 2. The molecule has 0 spiro atoms. The van der Waals surface area contributed by atoms with Gasteiger partial charge in [-0.25, -0.2) is 4.79 Å². The Balaban J connectivity index is 2.08. The van der Waals surface area contributed by atoms with Crippen molar-refractivity contribution in [3.63, 3.8) is 0 Å². The fraction of sp³-hybridized carbons (Fsp3) is 0.533. The fourth-order valence-electron chi connectivity index (χ4n) is 2.67. The summed E-state index contributed by atoms with van der Waals surface area (Å²) in [5.74, 6) is 0.458. The third-order valence-corrected chi connectivity index (χ3v) is 4.19. The van der Waals surface area contributed by atoms with E-state index in [1.807, 2.05) is 6.07 Å². The maximum atomic E-state index is 11.0. The summed E-state index contributed by atoms with van der Waals surface area (Å²) in [6.45, 7) is 2.22. The minimum atomic E-state index is -0.929. The summed E-state index contributed by atoms with van der Waals surface area (Å²) in [5.41, 5.74) is 0.257. The van der Waals surface area contributed by atoms with E-state index in [1.165, 1.54) is 19.3 Å². The van der Waals surface area contributed by atoms with Gasteiger partial charge in [-0.05, 0) is 43.4 Å². The third-order valence-electron chi connectivity index (χ3n) is 3.73. The molecule has 1 saturated carbocycles. The average molecular weight is 327 g/mol. The van der Waals surface area contributed by atoms with Gasteiger partial charge in [0.2, 0.25) is 0 Å². The molecule has 1 fully saturated rings. The highest BCUT2D eigenvalue weighted by molar-refractivity contribution is 9.10. The standard InChI is InChI=1S/C15H19BrO3/c1-2-10-4-3-5-13(6-10)19-14-8-11(15(17)18)7-12(16)9-14/h7-10,13H,2-6H2,1H3,(H,17,18). The average Bonchev–Trinajstić information content (AvgIpc) is 2.38. The predicted octanol–water partition coefficient (Wildman–Crippen LogP) is 4.49. The predicted molar refractivity (Wildman–Crippen MR) is 77.8 cm³/mol. The summed E-state index contributed by atoms with van der Waals surface area (Å²) in [5, 5.41) is 9.04. The van der Waals surface area contributed by atoms with E-state index in [4.69, 9.17) is 9.84 Å². The normalized spacial score (nSPS) is 23.1. The zero-order valence-corrected chi connectivity index (χ0v) is 12.6. The Bertz CT molecular complexity index is 459. The van der Waals surface area contributed by atoms with Crippen LogP contribution in [0.5, 0.6) is 5.75 Å². The van der Waals surface area contributed by atoms with Crippen LogP contribution in [0.2, 0.25) is 0 Å². The lowest BCUT2D eigenvalue weighted by Gasteiger charge is -2.29. The van der Waals surface area contributed by atoms with Gasteiger partial charge in [-0.3, -0.25) is 0 Å². The van der Waals surface area contributed by atoms with Gasteiger partial charge in [0.05, 0.1) is 11.7 Å². The quantitative estimate of drug-likeness (QED) is 0.886. The van der Waals surface area contributed by atoms with Crippen molar-refractivity contribution >= 4 is 21.9 Å². The highest BCUT2D eigenvalue weighted by atomic mass is 79.9. The van der Waals surface area contributed by atoms with Crippen LogP contribution in [-0.4, -0.2) is 17.2 Å². The first-order valence-corrected chi connectivity index (χ1v) is 7.58. The van der Waals surface area contributed by atoms with E-state index in [1.54, 1.807) is 12.1 Å². The molecule has 3 nitrogen and oxygen atoms in total. The summed E-state index contributed by atoms with van der Waals surface area (Å²) in [7, 11) is 0. The molecule has 2 unspecified atom stereocenters. The monoisotopic (exact) mass is 326 g/mol. The number of ether oxygens (including phenoxy) is 1. The number of hydrogen-bond donors (Lipinski definition) is 1. The number of carboxylic acid groups (broad SMARTS) is 1. The Hall–Kier alpha value is -1.03. The number of rotatable bonds is 4. The Kier molecular flexibility index (Phi) is 4.86. The first-order valence-electron chi connectivity index (χ1n) is 6.79. The van der Waals surface area contributed by atoms with Crippen molar-refractivity contribution in [1.82, 2.24) is 0 Å². The summed E-state index contributed by atoms with van der Waals surface area (Å²) in [6, 6.07) is 5.02. The third kappa shape index (κ3) is 3.96. The maximum Gasteiger partial charge on any atom is 0.335 e. The van der Waals surface area contributed by atoms with Gasteiger partial charge in [-0.15, -0.1) is 0 Å². The molecule has 0 aliphatic heterocycles. The smallest absolute Gasteiger partial charge is 0.335 e. The first-order chi connectivity index (χ1) is 9.08. The van der Waals surface area contributed by atoms with Crippen LogP contribution in [0.4, 0.5) is 0 Å². The minimum Gasteiger partial charge on any atom is -0.490 e. The van der Waals surface area contributed by atoms with E-state index >= 15 is 0 Å². The lowest BCUT2D eigenvalue weighted by molar-refractivity contribution is 0.0695. The second-order valence-corrected chi connectivity index (χ2v) is 6.08. The van der Waals surface area contributed by atoms with E-state index in [-0.39, 0.29) is 11.7 Å². The fourth-order valence-corrected chi connectivity index (χ4v) is 3.14. The van der Waals surface area contributed by atoms with Crippen molar-refractivity contribution in [2.45, 2.75) is 45.1 Å². The maximum absolute atomic E-state index is 11.0. The van der Waals surface area contributed by atoms with Crippen molar-refractivity contribution in [3.05, 3.63) is 28.2 Å². The number of aromatic carboxylic acids is 1. The molecule has 0 aromatic heterocycles. The number of benzene rings is 1. The molecule has 1 aromatic carbocycles. The number of carboxylic acids is 1. The van der Waals surface area contributed by atoms with Crippen LogP contribution in [0.3, 0.4) is 0 Å². The van der Waals surface area contributed by atoms with Crippen molar-refractivity contribution in [1.29, 1.82) is 0 Å². The molecule has 2 atom stereocenters. The van der Waals surface area contributed by atoms with Gasteiger partial charge in [-0.1, -0.05) is 35.7 Å². The highest BCUT2D eigenvalue weighted by Gasteiger charge is 2.22. The molecule has 0 bridgehead atoms. The lowest BCUT2D eigenvalue weighted by Crippen LogP contribution is -2.25. The summed E-state index contributed by atoms with van der Waals surface area (Å²) in [4.78, 5) is 11.0. The molecule has 0 heterocycles. The van der Waals surface area contributed by atoms with Gasteiger partial charge in [0.15, 0.2) is 0 Å². The molecule has 0 amide bonds. The molecule has 0 saturated heterocycles. The molecule has 104 valence electrons. The van der Waals surface area contributed by atoms with Crippen LogP contribution in [0.25, 0.3) is 0 Å². The zero-order chi connectivity index (χ0) is 13.8. The van der Waals surface area contributed by atoms with Crippen LogP contribution >= 0.6 is 15.9 Å². The number of carbonyl (C=O) groups is 1. The molecule has 1 aliphatic carbocycles. The largest absolute Gasteiger partial charge is 0.490 e. The molecule has 19 heavy (non-hydrogen) atoms. The van der Waals surface area contributed by atoms with Crippen molar-refractivity contribution < 1.29 is 14.6 Å². The van der Waals surface area contributed by atoms with Gasteiger partial charge in [0, 0.05) is 4.47 Å². The Morgan fingerprint density at radius 2 is 2.21 bits per heavy atom. The van der Waals surface area contributed by atoms with E-state index in [9.17, 15) is 4.79 Å². The van der Waals surface area contributed by atoms with Gasteiger partial charge < -0.3 is 9.84 Å². The van der Waals surface area contributed by atoms with Crippen LogP contribution in [0.15, 0.2) is 22.7 Å². The van der Waals surface area contributed by atoms with Crippen molar-refractivity contribution in [3.8, 4) is 5.75 Å². The summed E-state index contributed by atoms with van der Waals surface area (Å²) < 4.78 is 6.71. The highest BCUT2D eigenvalue weighted by Crippen LogP contribution is 2.31. The Morgan fingerprint density at radius 1 is 1.42 bits per heavy atom. The van der Waals surface area contributed by atoms with Crippen molar-refractivity contribution in [2.75, 3.05) is 0 Å². The Morgan fingerprint density at radius 3 is 2.89 bits per heavy atom. The molecule has 1 aromatic rings.